The van der Waals surface area contributed by atoms with Crippen LogP contribution in [0.3, 0.4) is 0 Å². The molecule has 6 aliphatic carbocycles. The van der Waals surface area contributed by atoms with Crippen molar-refractivity contribution in [2.75, 3.05) is 28.2 Å². The zero-order chi connectivity index (χ0) is 49.6. The van der Waals surface area contributed by atoms with Crippen LogP contribution in [-0.2, 0) is 40.0 Å². The molecule has 0 radical (unpaired) electrons. The summed E-state index contributed by atoms with van der Waals surface area (Å²) in [5, 5.41) is 137. The third-order valence-electron chi connectivity index (χ3n) is 14.0. The largest absolute Gasteiger partial charge is 2.00 e. The average Bonchev–Trinajstić information content (AvgIpc) is 3.20. The number of rotatable bonds is 4. The molecule has 2 aromatic rings. The number of aliphatic hydroxyl groups is 8. The number of carbonyl (C=O) groups is 6. The standard InChI is InChI=1S/2C22H24N2O9.Ca/c2*1-21(32)7-5-4-6-8(25)9(7)15(26)10-12(21)17(28)13-14(24(2)3)16(27)11(20(23)31)19(30)22(13,33)18(10)29;/h2*4-6,12-14,17,25-26,28,30,32-33H,1-3H3,(H2,23,31);/q;;+2/p-2. The van der Waals surface area contributed by atoms with Gasteiger partial charge in [-0.2, -0.15) is 0 Å². The molecule has 2 saturated carbocycles. The van der Waals surface area contributed by atoms with Crippen LogP contribution in [0.15, 0.2) is 70.2 Å². The molecule has 22 nitrogen and oxygen atoms in total. The Morgan fingerprint density at radius 3 is 1.16 bits per heavy atom. The Bertz CT molecular complexity index is 2560. The third-order valence-corrected chi connectivity index (χ3v) is 14.0. The van der Waals surface area contributed by atoms with Gasteiger partial charge in [-0.05, 0) is 65.3 Å². The topological polar surface area (TPSA) is 409 Å². The number of aliphatic hydroxyl groups excluding tert-OH is 4. The van der Waals surface area contributed by atoms with Gasteiger partial charge in [-0.3, -0.25) is 38.6 Å². The van der Waals surface area contributed by atoms with E-state index in [4.69, 9.17) is 11.5 Å². The molecule has 0 bridgehead atoms. The first-order valence-corrected chi connectivity index (χ1v) is 20.1. The van der Waals surface area contributed by atoms with Gasteiger partial charge in [-0.1, -0.05) is 35.8 Å². The maximum atomic E-state index is 13.6. The van der Waals surface area contributed by atoms with Gasteiger partial charge in [0.2, 0.25) is 0 Å². The van der Waals surface area contributed by atoms with Crippen molar-refractivity contribution >= 4 is 84.2 Å². The summed E-state index contributed by atoms with van der Waals surface area (Å²) >= 11 is 0. The Kier molecular flexibility index (Phi) is 12.6. The normalized spacial score (nSPS) is 35.4. The van der Waals surface area contributed by atoms with Crippen LogP contribution in [-0.4, -0.2) is 197 Å². The molecular weight excluding hydrogens is 913 g/mol. The van der Waals surface area contributed by atoms with Crippen LogP contribution in [0, 0.1) is 23.7 Å². The van der Waals surface area contributed by atoms with Crippen molar-refractivity contribution < 1.29 is 90.0 Å². The molecule has 2 fully saturated rings. The van der Waals surface area contributed by atoms with Crippen LogP contribution >= 0.6 is 0 Å². The molecule has 0 aromatic heterocycles. The number of benzene rings is 2. The predicted octanol–water partition coefficient (Wildman–Crippen LogP) is -5.58. The molecule has 12 atom stereocenters. The summed E-state index contributed by atoms with van der Waals surface area (Å²) in [7, 11) is 5.51. The number of fused-ring (bicyclic) bond motifs is 6. The summed E-state index contributed by atoms with van der Waals surface area (Å²) < 4.78 is 0. The summed E-state index contributed by atoms with van der Waals surface area (Å²) in [5.74, 6) is -20.5. The molecule has 6 aliphatic rings. The van der Waals surface area contributed by atoms with Crippen molar-refractivity contribution in [1.29, 1.82) is 0 Å². The van der Waals surface area contributed by atoms with Crippen molar-refractivity contribution in [1.82, 2.24) is 9.80 Å². The summed E-state index contributed by atoms with van der Waals surface area (Å²) in [6.07, 6.45) is -3.82. The summed E-state index contributed by atoms with van der Waals surface area (Å²) in [6.45, 7) is 2.47. The van der Waals surface area contributed by atoms with E-state index in [2.05, 4.69) is 0 Å². The van der Waals surface area contributed by atoms with Crippen LogP contribution < -0.4 is 21.7 Å². The van der Waals surface area contributed by atoms with Crippen molar-refractivity contribution in [3.05, 3.63) is 92.5 Å². The molecule has 352 valence electrons. The number of aromatic hydroxyl groups is 2. The quantitative estimate of drug-likeness (QED) is 0.100. The monoisotopic (exact) mass is 958 g/mol. The second-order valence-electron chi connectivity index (χ2n) is 18.1. The molecule has 2 amide bonds. The SMILES string of the molecule is CN(C)C1C(=O)C(C(N)=O)=C([O-])C2(O)C(=O)C3=C(O)c4c(O)cccc4C(C)(O)C3C(O)C12.CN(C)C1C(=O)C(C(N)=O)=C([O-])C2(O)C(=O)C3=C(O)c4c(O)cccc4C(C)(O)C3C(O)C12.[Ca+2]. The molecule has 14 N–H and O–H groups in total. The zero-order valence-electron chi connectivity index (χ0n) is 36.6. The summed E-state index contributed by atoms with van der Waals surface area (Å²) in [5.41, 5.74) is -4.27. The van der Waals surface area contributed by atoms with Crippen molar-refractivity contribution in [3.63, 3.8) is 0 Å². The van der Waals surface area contributed by atoms with Gasteiger partial charge in [0.05, 0.1) is 69.6 Å². The molecule has 23 heteroatoms. The maximum absolute atomic E-state index is 13.6. The summed E-state index contributed by atoms with van der Waals surface area (Å²) in [6, 6.07) is 4.85. The number of carbonyl (C=O) groups excluding carboxylic acids is 6. The van der Waals surface area contributed by atoms with Crippen LogP contribution in [0.25, 0.3) is 11.5 Å². The fourth-order valence-corrected chi connectivity index (χ4v) is 11.2. The fourth-order valence-electron chi connectivity index (χ4n) is 11.2. The number of hydrogen-bond acceptors (Lipinski definition) is 20. The number of nitrogens with zero attached hydrogens (tertiary/aromatic N) is 2. The Labute approximate surface area is 409 Å². The average molecular weight is 959 g/mol. The Balaban J connectivity index is 0.000000218. The number of ketones is 4. The molecule has 0 saturated heterocycles. The van der Waals surface area contributed by atoms with Crippen LogP contribution in [0.4, 0.5) is 0 Å². The van der Waals surface area contributed by atoms with E-state index in [1.807, 2.05) is 0 Å². The first-order valence-electron chi connectivity index (χ1n) is 20.1. The van der Waals surface area contributed by atoms with E-state index in [-0.39, 0.29) is 60.0 Å². The maximum Gasteiger partial charge on any atom is 2.00 e. The van der Waals surface area contributed by atoms with Gasteiger partial charge in [-0.15, -0.1) is 0 Å². The molecule has 67 heavy (non-hydrogen) atoms. The number of likely N-dealkylation sites (N-methyl/N-ethyl adjacent to an activating group) is 2. The first-order chi connectivity index (χ1) is 30.4. The molecule has 8 rings (SSSR count). The number of phenols is 2. The molecule has 12 unspecified atom stereocenters. The Hall–Kier alpha value is -5.24. The van der Waals surface area contributed by atoms with Gasteiger partial charge < -0.3 is 72.7 Å². The minimum absolute atomic E-state index is 0. The van der Waals surface area contributed by atoms with Crippen molar-refractivity contribution in [2.24, 2.45) is 35.1 Å². The zero-order valence-corrected chi connectivity index (χ0v) is 38.8. The van der Waals surface area contributed by atoms with Gasteiger partial charge in [0, 0.05) is 23.0 Å². The van der Waals surface area contributed by atoms with E-state index >= 15 is 0 Å². The molecule has 0 heterocycles. The minimum atomic E-state index is -3.13. The predicted molar refractivity (Wildman–Crippen MR) is 223 cm³/mol. The van der Waals surface area contributed by atoms with E-state index < -0.39 is 162 Å². The molecule has 0 spiro atoms. The number of primary amides is 2. The molecule has 2 aromatic carbocycles. The smallest absolute Gasteiger partial charge is 0.873 e. The van der Waals surface area contributed by atoms with Crippen LogP contribution in [0.5, 0.6) is 11.5 Å². The molecular formula is C44H46CaN4O18. The van der Waals surface area contributed by atoms with Gasteiger partial charge >= 0.3 is 37.7 Å². The van der Waals surface area contributed by atoms with E-state index in [1.54, 1.807) is 0 Å². The van der Waals surface area contributed by atoms with Crippen LogP contribution in [0.1, 0.15) is 36.1 Å². The summed E-state index contributed by atoms with van der Waals surface area (Å²) in [4.78, 5) is 79.6. The van der Waals surface area contributed by atoms with E-state index in [9.17, 15) is 90.0 Å². The van der Waals surface area contributed by atoms with Crippen molar-refractivity contribution in [2.45, 2.75) is 60.5 Å². The van der Waals surface area contributed by atoms with E-state index in [1.165, 1.54) is 88.2 Å². The van der Waals surface area contributed by atoms with Crippen molar-refractivity contribution in [3.8, 4) is 11.5 Å². The number of nitrogens with two attached hydrogens (primary N) is 2. The molecule has 0 aliphatic heterocycles. The van der Waals surface area contributed by atoms with Crippen LogP contribution in [0.2, 0.25) is 0 Å². The Morgan fingerprint density at radius 1 is 0.597 bits per heavy atom. The Morgan fingerprint density at radius 2 is 0.896 bits per heavy atom. The first kappa shape index (κ1) is 51.2. The third kappa shape index (κ3) is 6.57. The van der Waals surface area contributed by atoms with Gasteiger partial charge in [-0.25, -0.2) is 0 Å². The second-order valence-corrected chi connectivity index (χ2v) is 18.1. The number of Topliss-reactive ketones (excluding diaryl/α,β-unsaturated/α-hetero) is 4. The second kappa shape index (κ2) is 16.5. The van der Waals surface area contributed by atoms with Gasteiger partial charge in [0.1, 0.15) is 34.2 Å². The minimum Gasteiger partial charge on any atom is -0.873 e. The number of amides is 2. The van der Waals surface area contributed by atoms with Gasteiger partial charge in [0.15, 0.2) is 23.1 Å². The van der Waals surface area contributed by atoms with E-state index in [0.29, 0.717) is 0 Å². The fraction of sp³-hybridized carbons (Fsp3) is 0.409. The van der Waals surface area contributed by atoms with E-state index in [0.717, 1.165) is 0 Å². The number of hydrogen-bond donors (Lipinski definition) is 12. The number of phenolic OH excluding ortho intramolecular Hbond substituents is 2. The van der Waals surface area contributed by atoms with Gasteiger partial charge in [0.25, 0.3) is 11.8 Å².